The molecule has 2 fully saturated rings. The van der Waals surface area contributed by atoms with Crippen molar-refractivity contribution in [1.29, 1.82) is 0 Å². The molecule has 2 nitrogen and oxygen atoms in total. The molecule has 3 rings (SSSR count). The molecule has 2 atom stereocenters. The zero-order valence-corrected chi connectivity index (χ0v) is 12.6. The molecule has 2 saturated heterocycles. The second-order valence-electron chi connectivity index (χ2n) is 5.88. The van der Waals surface area contributed by atoms with Gasteiger partial charge in [0.25, 0.3) is 0 Å². The van der Waals surface area contributed by atoms with Crippen molar-refractivity contribution in [2.45, 2.75) is 30.7 Å². The third-order valence-corrected chi connectivity index (χ3v) is 5.36. The first-order valence-electron chi connectivity index (χ1n) is 7.46. The van der Waals surface area contributed by atoms with E-state index in [4.69, 9.17) is 0 Å². The fourth-order valence-electron chi connectivity index (χ4n) is 3.25. The Labute approximate surface area is 121 Å². The second-order valence-corrected chi connectivity index (χ2v) is 7.05. The zero-order chi connectivity index (χ0) is 13.1. The minimum absolute atomic E-state index is 0.776. The quantitative estimate of drug-likeness (QED) is 0.851. The fraction of sp³-hybridized carbons (Fsp3) is 0.625. The lowest BCUT2D eigenvalue weighted by Crippen LogP contribution is -2.40. The number of hydrogen-bond acceptors (Lipinski definition) is 3. The molecule has 104 valence electrons. The summed E-state index contributed by atoms with van der Waals surface area (Å²) in [5.74, 6) is 2.13. The highest BCUT2D eigenvalue weighted by molar-refractivity contribution is 7.99. The first-order valence-corrected chi connectivity index (χ1v) is 8.45. The molecule has 19 heavy (non-hydrogen) atoms. The van der Waals surface area contributed by atoms with Crippen LogP contribution in [0, 0.1) is 12.8 Å². The van der Waals surface area contributed by atoms with E-state index in [0.717, 1.165) is 12.0 Å². The Balaban J connectivity index is 1.42. The number of benzene rings is 1. The summed E-state index contributed by atoms with van der Waals surface area (Å²) in [4.78, 5) is 4.05. The summed E-state index contributed by atoms with van der Waals surface area (Å²) in [5, 5.41) is 3.68. The molecule has 1 N–H and O–H groups in total. The molecule has 0 radical (unpaired) electrons. The third kappa shape index (κ3) is 3.53. The van der Waals surface area contributed by atoms with Crippen molar-refractivity contribution in [3.05, 3.63) is 29.8 Å². The molecule has 0 aliphatic carbocycles. The smallest absolute Gasteiger partial charge is 0.0235 e. The average molecular weight is 276 g/mol. The van der Waals surface area contributed by atoms with Crippen molar-refractivity contribution in [2.24, 2.45) is 5.92 Å². The fourth-order valence-corrected chi connectivity index (χ4v) is 4.16. The van der Waals surface area contributed by atoms with Crippen molar-refractivity contribution in [1.82, 2.24) is 10.2 Å². The highest BCUT2D eigenvalue weighted by Gasteiger charge is 2.33. The Morgan fingerprint density at radius 2 is 2.11 bits per heavy atom. The van der Waals surface area contributed by atoms with Gasteiger partial charge in [-0.15, -0.1) is 11.8 Å². The van der Waals surface area contributed by atoms with Gasteiger partial charge in [-0.2, -0.15) is 0 Å². The predicted molar refractivity (Wildman–Crippen MR) is 82.9 cm³/mol. The standard InChI is InChI=1S/C16H24N2S/c1-13-4-6-15(7-5-13)19-10-9-18-11-14-3-2-8-17-16(14)12-18/h4-7,14,16-17H,2-3,8-12H2,1H3. The SMILES string of the molecule is Cc1ccc(SCCN2CC3CCCNC3C2)cc1. The first kappa shape index (κ1) is 13.5. The van der Waals surface area contributed by atoms with Gasteiger partial charge in [0, 0.05) is 36.3 Å². The molecule has 3 heteroatoms. The minimum atomic E-state index is 0.776. The summed E-state index contributed by atoms with van der Waals surface area (Å²) in [5.41, 5.74) is 1.35. The van der Waals surface area contributed by atoms with Gasteiger partial charge < -0.3 is 10.2 Å². The molecular weight excluding hydrogens is 252 g/mol. The van der Waals surface area contributed by atoms with Crippen LogP contribution in [0.1, 0.15) is 18.4 Å². The number of fused-ring (bicyclic) bond motifs is 1. The summed E-state index contributed by atoms with van der Waals surface area (Å²) in [6, 6.07) is 9.67. The van der Waals surface area contributed by atoms with Gasteiger partial charge in [-0.05, 0) is 44.4 Å². The largest absolute Gasteiger partial charge is 0.312 e. The van der Waals surface area contributed by atoms with Crippen molar-refractivity contribution in [3.8, 4) is 0 Å². The number of nitrogens with one attached hydrogen (secondary N) is 1. The highest BCUT2D eigenvalue weighted by Crippen LogP contribution is 2.25. The Morgan fingerprint density at radius 3 is 2.89 bits per heavy atom. The van der Waals surface area contributed by atoms with Crippen LogP contribution < -0.4 is 5.32 Å². The van der Waals surface area contributed by atoms with E-state index in [1.54, 1.807) is 0 Å². The Morgan fingerprint density at radius 1 is 1.26 bits per heavy atom. The third-order valence-electron chi connectivity index (χ3n) is 4.37. The Hall–Kier alpha value is -0.510. The van der Waals surface area contributed by atoms with Crippen LogP contribution in [0.3, 0.4) is 0 Å². The summed E-state index contributed by atoms with van der Waals surface area (Å²) in [6.07, 6.45) is 2.80. The average Bonchev–Trinajstić information content (AvgIpc) is 2.83. The zero-order valence-electron chi connectivity index (χ0n) is 11.8. The predicted octanol–water partition coefficient (Wildman–Crippen LogP) is 2.77. The number of thioether (sulfide) groups is 1. The molecule has 0 spiro atoms. The lowest BCUT2D eigenvalue weighted by Gasteiger charge is -2.24. The van der Waals surface area contributed by atoms with Crippen molar-refractivity contribution in [2.75, 3.05) is 31.9 Å². The Kier molecular flexibility index (Phi) is 4.46. The van der Waals surface area contributed by atoms with Gasteiger partial charge >= 0.3 is 0 Å². The normalized spacial score (nSPS) is 27.4. The number of hydrogen-bond donors (Lipinski definition) is 1. The molecule has 0 saturated carbocycles. The molecule has 0 bridgehead atoms. The van der Waals surface area contributed by atoms with Gasteiger partial charge in [0.05, 0.1) is 0 Å². The maximum absolute atomic E-state index is 3.68. The van der Waals surface area contributed by atoms with Gasteiger partial charge in [-0.1, -0.05) is 17.7 Å². The minimum Gasteiger partial charge on any atom is -0.312 e. The molecule has 2 aliphatic heterocycles. The second kappa shape index (κ2) is 6.29. The maximum atomic E-state index is 3.68. The van der Waals surface area contributed by atoms with Gasteiger partial charge in [0.1, 0.15) is 0 Å². The molecule has 2 unspecified atom stereocenters. The lowest BCUT2D eigenvalue weighted by atomic mass is 9.94. The summed E-state index contributed by atoms with van der Waals surface area (Å²) in [6.45, 7) is 7.18. The van der Waals surface area contributed by atoms with Crippen LogP contribution in [0.25, 0.3) is 0 Å². The van der Waals surface area contributed by atoms with Crippen molar-refractivity contribution >= 4 is 11.8 Å². The lowest BCUT2D eigenvalue weighted by molar-refractivity contribution is 0.332. The molecule has 1 aromatic rings. The first-order chi connectivity index (χ1) is 9.31. The van der Waals surface area contributed by atoms with Crippen molar-refractivity contribution in [3.63, 3.8) is 0 Å². The van der Waals surface area contributed by atoms with E-state index in [1.165, 1.54) is 55.2 Å². The van der Waals surface area contributed by atoms with E-state index in [9.17, 15) is 0 Å². The number of aryl methyl sites for hydroxylation is 1. The van der Waals surface area contributed by atoms with E-state index in [2.05, 4.69) is 41.4 Å². The molecule has 2 heterocycles. The van der Waals surface area contributed by atoms with Crippen LogP contribution in [0.15, 0.2) is 29.2 Å². The molecular formula is C16H24N2S. The van der Waals surface area contributed by atoms with E-state index in [0.29, 0.717) is 0 Å². The van der Waals surface area contributed by atoms with Crippen LogP contribution in [0.2, 0.25) is 0 Å². The van der Waals surface area contributed by atoms with E-state index in [-0.39, 0.29) is 0 Å². The number of rotatable bonds is 4. The van der Waals surface area contributed by atoms with E-state index >= 15 is 0 Å². The molecule has 0 aromatic heterocycles. The van der Waals surface area contributed by atoms with E-state index < -0.39 is 0 Å². The maximum Gasteiger partial charge on any atom is 0.0235 e. The van der Waals surface area contributed by atoms with Gasteiger partial charge in [-0.25, -0.2) is 0 Å². The van der Waals surface area contributed by atoms with Gasteiger partial charge in [0.2, 0.25) is 0 Å². The summed E-state index contributed by atoms with van der Waals surface area (Å²) in [7, 11) is 0. The van der Waals surface area contributed by atoms with Gasteiger partial charge in [-0.3, -0.25) is 0 Å². The monoisotopic (exact) mass is 276 g/mol. The van der Waals surface area contributed by atoms with Gasteiger partial charge in [0.15, 0.2) is 0 Å². The molecule has 0 amide bonds. The van der Waals surface area contributed by atoms with Crippen LogP contribution in [-0.2, 0) is 0 Å². The number of likely N-dealkylation sites (tertiary alicyclic amines) is 1. The van der Waals surface area contributed by atoms with Crippen LogP contribution in [-0.4, -0.2) is 42.9 Å². The summed E-state index contributed by atoms with van der Waals surface area (Å²) < 4.78 is 0. The molecule has 2 aliphatic rings. The summed E-state index contributed by atoms with van der Waals surface area (Å²) >= 11 is 1.99. The van der Waals surface area contributed by atoms with Crippen LogP contribution in [0.5, 0.6) is 0 Å². The van der Waals surface area contributed by atoms with Crippen LogP contribution in [0.4, 0.5) is 0 Å². The molecule has 1 aromatic carbocycles. The number of nitrogens with zero attached hydrogens (tertiary/aromatic N) is 1. The number of piperidine rings is 1. The van der Waals surface area contributed by atoms with Crippen molar-refractivity contribution < 1.29 is 0 Å². The topological polar surface area (TPSA) is 15.3 Å². The highest BCUT2D eigenvalue weighted by atomic mass is 32.2. The Bertz CT molecular complexity index is 390. The van der Waals surface area contributed by atoms with E-state index in [1.807, 2.05) is 11.8 Å². The van der Waals surface area contributed by atoms with Crippen LogP contribution >= 0.6 is 11.8 Å².